The number of benzene rings is 1. The molecule has 4 heteroatoms. The van der Waals surface area contributed by atoms with Crippen molar-refractivity contribution in [1.82, 2.24) is 9.80 Å². The van der Waals surface area contributed by atoms with Gasteiger partial charge in [0.2, 0.25) is 0 Å². The van der Waals surface area contributed by atoms with Gasteiger partial charge in [0, 0.05) is 61.5 Å². The largest absolute Gasteiger partial charge is 0.466 e. The lowest BCUT2D eigenvalue weighted by Crippen LogP contribution is -2.50. The fourth-order valence-electron chi connectivity index (χ4n) is 5.05. The summed E-state index contributed by atoms with van der Waals surface area (Å²) in [4.78, 5) is 5.20. The van der Waals surface area contributed by atoms with Crippen molar-refractivity contribution in [3.05, 3.63) is 69.8 Å². The maximum atomic E-state index is 6.76. The molecular weight excluding hydrogens is 358 g/mol. The maximum Gasteiger partial charge on any atom is 0.104 e. The fraction of sp³-hybridized carbons (Fsp3) is 0.520. The molecule has 0 saturated carbocycles. The van der Waals surface area contributed by atoms with E-state index in [0.717, 1.165) is 69.3 Å². The highest BCUT2D eigenvalue weighted by molar-refractivity contribution is 5.58. The number of hydrogen-bond donors (Lipinski definition) is 1. The van der Waals surface area contributed by atoms with Crippen molar-refractivity contribution < 1.29 is 4.74 Å². The Morgan fingerprint density at radius 3 is 2.31 bits per heavy atom. The van der Waals surface area contributed by atoms with Crippen molar-refractivity contribution in [2.45, 2.75) is 40.5 Å². The standard InChI is InChI=1S/C25H35N3O/c1-18-19(2)29-20(3)22-16-25(4,24(26)23(18)22)17-28-14-12-27(13-15-28)11-10-21-8-6-5-7-9-21/h5-9H,10-17,26H2,1-4H3. The summed E-state index contributed by atoms with van der Waals surface area (Å²) in [6.45, 7) is 15.3. The summed E-state index contributed by atoms with van der Waals surface area (Å²) in [6.07, 6.45) is 2.12. The molecule has 0 radical (unpaired) electrons. The Labute approximate surface area is 175 Å². The molecule has 0 aromatic heterocycles. The molecule has 29 heavy (non-hydrogen) atoms. The van der Waals surface area contributed by atoms with E-state index in [0.29, 0.717) is 0 Å². The Morgan fingerprint density at radius 1 is 0.966 bits per heavy atom. The topological polar surface area (TPSA) is 41.7 Å². The molecule has 0 bridgehead atoms. The number of nitrogens with zero attached hydrogens (tertiary/aromatic N) is 2. The minimum atomic E-state index is -0.00657. The normalized spacial score (nSPS) is 26.2. The van der Waals surface area contributed by atoms with Crippen LogP contribution in [0.1, 0.15) is 39.7 Å². The molecule has 0 spiro atoms. The molecular formula is C25H35N3O. The smallest absolute Gasteiger partial charge is 0.104 e. The van der Waals surface area contributed by atoms with Crippen LogP contribution in [0.2, 0.25) is 0 Å². The van der Waals surface area contributed by atoms with Crippen molar-refractivity contribution in [3.63, 3.8) is 0 Å². The van der Waals surface area contributed by atoms with E-state index < -0.39 is 0 Å². The molecule has 4 nitrogen and oxygen atoms in total. The predicted octanol–water partition coefficient (Wildman–Crippen LogP) is 4.07. The first-order valence-corrected chi connectivity index (χ1v) is 10.9. The number of nitrogens with two attached hydrogens (primary N) is 1. The lowest BCUT2D eigenvalue weighted by Gasteiger charge is -2.39. The zero-order valence-corrected chi connectivity index (χ0v) is 18.4. The van der Waals surface area contributed by atoms with Gasteiger partial charge in [-0.15, -0.1) is 0 Å². The van der Waals surface area contributed by atoms with Gasteiger partial charge in [0.25, 0.3) is 0 Å². The van der Waals surface area contributed by atoms with Crippen molar-refractivity contribution in [1.29, 1.82) is 0 Å². The van der Waals surface area contributed by atoms with Crippen LogP contribution in [0.4, 0.5) is 0 Å². The molecule has 1 unspecified atom stereocenters. The summed E-state index contributed by atoms with van der Waals surface area (Å²) < 4.78 is 5.97. The van der Waals surface area contributed by atoms with Gasteiger partial charge in [-0.1, -0.05) is 37.3 Å². The van der Waals surface area contributed by atoms with E-state index in [1.807, 2.05) is 6.92 Å². The van der Waals surface area contributed by atoms with Crippen LogP contribution in [-0.2, 0) is 11.2 Å². The molecule has 156 valence electrons. The van der Waals surface area contributed by atoms with E-state index >= 15 is 0 Å². The van der Waals surface area contributed by atoms with Crippen LogP contribution in [0.5, 0.6) is 0 Å². The highest BCUT2D eigenvalue weighted by atomic mass is 16.5. The number of allylic oxidation sites excluding steroid dienone is 5. The van der Waals surface area contributed by atoms with Gasteiger partial charge >= 0.3 is 0 Å². The van der Waals surface area contributed by atoms with Gasteiger partial charge < -0.3 is 15.4 Å². The first kappa shape index (κ1) is 20.2. The number of fused-ring (bicyclic) bond motifs is 1. The molecule has 1 atom stereocenters. The Morgan fingerprint density at radius 2 is 1.62 bits per heavy atom. The summed E-state index contributed by atoms with van der Waals surface area (Å²) in [5.74, 6) is 2.01. The van der Waals surface area contributed by atoms with Gasteiger partial charge in [-0.3, -0.25) is 4.90 Å². The van der Waals surface area contributed by atoms with Crippen molar-refractivity contribution in [3.8, 4) is 0 Å². The Bertz CT molecular complexity index is 859. The van der Waals surface area contributed by atoms with Crippen LogP contribution in [0.25, 0.3) is 0 Å². The Balaban J connectivity index is 1.36. The lowest BCUT2D eigenvalue weighted by atomic mass is 9.85. The van der Waals surface area contributed by atoms with Crippen LogP contribution in [0.15, 0.2) is 64.3 Å². The summed E-state index contributed by atoms with van der Waals surface area (Å²) in [5.41, 5.74) is 13.0. The summed E-state index contributed by atoms with van der Waals surface area (Å²) in [5, 5.41) is 0. The molecule has 4 rings (SSSR count). The zero-order valence-electron chi connectivity index (χ0n) is 18.4. The quantitative estimate of drug-likeness (QED) is 0.819. The number of piperazine rings is 1. The highest BCUT2D eigenvalue weighted by Crippen LogP contribution is 2.50. The molecule has 1 aromatic carbocycles. The molecule has 0 amide bonds. The van der Waals surface area contributed by atoms with E-state index in [-0.39, 0.29) is 5.41 Å². The third-order valence-corrected chi connectivity index (χ3v) is 7.02. The van der Waals surface area contributed by atoms with Crippen LogP contribution < -0.4 is 5.73 Å². The van der Waals surface area contributed by atoms with E-state index in [2.05, 4.69) is 60.9 Å². The third-order valence-electron chi connectivity index (χ3n) is 7.02. The van der Waals surface area contributed by atoms with Gasteiger partial charge in [0.05, 0.1) is 0 Å². The summed E-state index contributed by atoms with van der Waals surface area (Å²) in [6, 6.07) is 10.8. The van der Waals surface area contributed by atoms with Gasteiger partial charge in [0.15, 0.2) is 0 Å². The second kappa shape index (κ2) is 8.00. The number of ether oxygens (including phenoxy) is 1. The van der Waals surface area contributed by atoms with E-state index in [4.69, 9.17) is 10.5 Å². The van der Waals surface area contributed by atoms with Crippen LogP contribution >= 0.6 is 0 Å². The minimum absolute atomic E-state index is 0.00657. The zero-order chi connectivity index (χ0) is 20.6. The van der Waals surface area contributed by atoms with E-state index in [1.54, 1.807) is 0 Å². The summed E-state index contributed by atoms with van der Waals surface area (Å²) in [7, 11) is 0. The Kier molecular flexibility index (Phi) is 5.58. The SMILES string of the molecule is CC1=C(C)C2=C(N)C(C)(CN3CCN(CCc4ccccc4)CC3)CC2=C(C)O1. The fourth-order valence-corrected chi connectivity index (χ4v) is 5.05. The molecule has 2 N–H and O–H groups in total. The molecule has 1 saturated heterocycles. The van der Waals surface area contributed by atoms with Crippen molar-refractivity contribution in [2.75, 3.05) is 39.3 Å². The van der Waals surface area contributed by atoms with Gasteiger partial charge in [-0.05, 0) is 44.7 Å². The van der Waals surface area contributed by atoms with Crippen LogP contribution in [0, 0.1) is 5.41 Å². The monoisotopic (exact) mass is 393 g/mol. The summed E-state index contributed by atoms with van der Waals surface area (Å²) >= 11 is 0. The highest BCUT2D eigenvalue weighted by Gasteiger charge is 2.43. The second-order valence-electron chi connectivity index (χ2n) is 9.20. The first-order chi connectivity index (χ1) is 13.9. The second-order valence-corrected chi connectivity index (χ2v) is 9.20. The molecule has 1 aromatic rings. The van der Waals surface area contributed by atoms with Crippen LogP contribution in [0.3, 0.4) is 0 Å². The average Bonchev–Trinajstić information content (AvgIpc) is 2.98. The first-order valence-electron chi connectivity index (χ1n) is 10.9. The van der Waals surface area contributed by atoms with E-state index in [9.17, 15) is 0 Å². The molecule has 2 aliphatic heterocycles. The Hall–Kier alpha value is -2.04. The van der Waals surface area contributed by atoms with Gasteiger partial charge in [-0.25, -0.2) is 0 Å². The maximum absolute atomic E-state index is 6.76. The predicted molar refractivity (Wildman–Crippen MR) is 119 cm³/mol. The van der Waals surface area contributed by atoms with Crippen molar-refractivity contribution >= 4 is 0 Å². The molecule has 1 fully saturated rings. The van der Waals surface area contributed by atoms with Crippen molar-refractivity contribution in [2.24, 2.45) is 11.1 Å². The minimum Gasteiger partial charge on any atom is -0.466 e. The van der Waals surface area contributed by atoms with Gasteiger partial charge in [0.1, 0.15) is 11.5 Å². The lowest BCUT2D eigenvalue weighted by molar-refractivity contribution is 0.104. The van der Waals surface area contributed by atoms with Crippen LogP contribution in [-0.4, -0.2) is 49.1 Å². The third kappa shape index (κ3) is 4.01. The average molecular weight is 394 g/mol. The van der Waals surface area contributed by atoms with Gasteiger partial charge in [-0.2, -0.15) is 0 Å². The molecule has 2 heterocycles. The molecule has 3 aliphatic rings. The molecule has 1 aliphatic carbocycles. The number of rotatable bonds is 5. The number of hydrogen-bond acceptors (Lipinski definition) is 4. The van der Waals surface area contributed by atoms with E-state index in [1.165, 1.54) is 22.3 Å².